The Kier molecular flexibility index (Phi) is 4.24. The maximum atomic E-state index is 11.0. The van der Waals surface area contributed by atoms with E-state index in [4.69, 9.17) is 5.73 Å². The fourth-order valence-corrected chi connectivity index (χ4v) is 1.64. The van der Waals surface area contributed by atoms with Gasteiger partial charge in [-0.15, -0.1) is 5.10 Å². The SMILES string of the molecule is Cc1nccn1CCn1cc(CNC(=O)CN)nn1. The molecule has 3 N–H and O–H groups in total. The molecule has 1 amide bonds. The van der Waals surface area contributed by atoms with Crippen molar-refractivity contribution in [2.24, 2.45) is 5.73 Å². The lowest BCUT2D eigenvalue weighted by Gasteiger charge is -2.04. The third kappa shape index (κ3) is 3.62. The molecular formula is C11H17N7O. The number of hydrogen-bond donors (Lipinski definition) is 2. The van der Waals surface area contributed by atoms with Crippen molar-refractivity contribution in [2.45, 2.75) is 26.6 Å². The molecule has 2 rings (SSSR count). The van der Waals surface area contributed by atoms with Gasteiger partial charge < -0.3 is 15.6 Å². The molecule has 0 aliphatic rings. The van der Waals surface area contributed by atoms with Crippen LogP contribution in [0.2, 0.25) is 0 Å². The smallest absolute Gasteiger partial charge is 0.234 e. The maximum Gasteiger partial charge on any atom is 0.234 e. The van der Waals surface area contributed by atoms with E-state index in [0.29, 0.717) is 18.8 Å². The molecule has 0 atom stereocenters. The summed E-state index contributed by atoms with van der Waals surface area (Å²) in [5.74, 6) is 0.763. The average Bonchev–Trinajstić information content (AvgIpc) is 3.02. The topological polar surface area (TPSA) is 104 Å². The molecule has 0 fully saturated rings. The summed E-state index contributed by atoms with van der Waals surface area (Å²) >= 11 is 0. The predicted octanol–water partition coefficient (Wildman–Crippen LogP) is -0.942. The van der Waals surface area contributed by atoms with E-state index in [2.05, 4.69) is 20.6 Å². The second-order valence-electron chi connectivity index (χ2n) is 4.12. The van der Waals surface area contributed by atoms with Gasteiger partial charge in [0.1, 0.15) is 11.5 Å². The Balaban J connectivity index is 1.84. The van der Waals surface area contributed by atoms with Crippen LogP contribution in [0.25, 0.3) is 0 Å². The highest BCUT2D eigenvalue weighted by molar-refractivity contribution is 5.77. The predicted molar refractivity (Wildman–Crippen MR) is 67.9 cm³/mol. The molecule has 0 saturated carbocycles. The third-order valence-electron chi connectivity index (χ3n) is 2.73. The zero-order valence-electron chi connectivity index (χ0n) is 10.8. The van der Waals surface area contributed by atoms with Crippen LogP contribution in [0.1, 0.15) is 11.5 Å². The van der Waals surface area contributed by atoms with Crippen molar-refractivity contribution in [3.8, 4) is 0 Å². The van der Waals surface area contributed by atoms with Crippen molar-refractivity contribution >= 4 is 5.91 Å². The molecule has 0 aliphatic carbocycles. The lowest BCUT2D eigenvalue weighted by atomic mass is 10.4. The molecule has 102 valence electrons. The van der Waals surface area contributed by atoms with Crippen LogP contribution >= 0.6 is 0 Å². The monoisotopic (exact) mass is 263 g/mol. The third-order valence-corrected chi connectivity index (χ3v) is 2.73. The molecule has 0 saturated heterocycles. The van der Waals surface area contributed by atoms with Crippen LogP contribution in [0.4, 0.5) is 0 Å². The van der Waals surface area contributed by atoms with E-state index < -0.39 is 0 Å². The number of amides is 1. The van der Waals surface area contributed by atoms with Gasteiger partial charge in [0.2, 0.25) is 5.91 Å². The molecule has 8 heteroatoms. The van der Waals surface area contributed by atoms with Crippen LogP contribution in [-0.4, -0.2) is 37.0 Å². The number of nitrogens with zero attached hydrogens (tertiary/aromatic N) is 5. The summed E-state index contributed by atoms with van der Waals surface area (Å²) in [6, 6.07) is 0. The largest absolute Gasteiger partial charge is 0.349 e. The minimum absolute atomic E-state index is 0.0198. The van der Waals surface area contributed by atoms with Crippen molar-refractivity contribution < 1.29 is 4.79 Å². The first-order valence-corrected chi connectivity index (χ1v) is 6.02. The van der Waals surface area contributed by atoms with Crippen LogP contribution in [0.5, 0.6) is 0 Å². The van der Waals surface area contributed by atoms with Crippen LogP contribution in [0.3, 0.4) is 0 Å². The van der Waals surface area contributed by atoms with Gasteiger partial charge in [-0.25, -0.2) is 4.98 Å². The van der Waals surface area contributed by atoms with Gasteiger partial charge in [-0.05, 0) is 6.92 Å². The molecule has 8 nitrogen and oxygen atoms in total. The van der Waals surface area contributed by atoms with Crippen molar-refractivity contribution in [1.29, 1.82) is 0 Å². The number of nitrogens with two attached hydrogens (primary N) is 1. The number of hydrogen-bond acceptors (Lipinski definition) is 5. The van der Waals surface area contributed by atoms with E-state index in [1.165, 1.54) is 0 Å². The summed E-state index contributed by atoms with van der Waals surface area (Å²) in [4.78, 5) is 15.2. The highest BCUT2D eigenvalue weighted by atomic mass is 16.1. The molecule has 0 bridgehead atoms. The normalized spacial score (nSPS) is 10.6. The van der Waals surface area contributed by atoms with Gasteiger partial charge in [0.25, 0.3) is 0 Å². The van der Waals surface area contributed by atoms with Gasteiger partial charge in [0, 0.05) is 18.9 Å². The molecule has 0 unspecified atom stereocenters. The standard InChI is InChI=1S/C11H17N7O/c1-9-13-2-3-17(9)4-5-18-8-10(15-16-18)7-14-11(19)6-12/h2-3,8H,4-7,12H2,1H3,(H,14,19). The second kappa shape index (κ2) is 6.10. The fraction of sp³-hybridized carbons (Fsp3) is 0.455. The van der Waals surface area contributed by atoms with Crippen molar-refractivity contribution in [1.82, 2.24) is 29.9 Å². The highest BCUT2D eigenvalue weighted by Crippen LogP contribution is 1.98. The Morgan fingerprint density at radius 2 is 2.32 bits per heavy atom. The Labute approximate surface area is 110 Å². The van der Waals surface area contributed by atoms with Crippen LogP contribution in [0, 0.1) is 6.92 Å². The van der Waals surface area contributed by atoms with Gasteiger partial charge >= 0.3 is 0 Å². The van der Waals surface area contributed by atoms with Gasteiger partial charge in [-0.1, -0.05) is 5.21 Å². The summed E-state index contributed by atoms with van der Waals surface area (Å²) in [6.07, 6.45) is 5.50. The summed E-state index contributed by atoms with van der Waals surface area (Å²) in [5, 5.41) is 10.6. The highest BCUT2D eigenvalue weighted by Gasteiger charge is 2.03. The van der Waals surface area contributed by atoms with Crippen molar-refractivity contribution in [2.75, 3.05) is 6.54 Å². The lowest BCUT2D eigenvalue weighted by Crippen LogP contribution is -2.29. The van der Waals surface area contributed by atoms with Crippen molar-refractivity contribution in [3.05, 3.63) is 30.1 Å². The van der Waals surface area contributed by atoms with Gasteiger partial charge in [0.15, 0.2) is 0 Å². The molecule has 0 aliphatic heterocycles. The van der Waals surface area contributed by atoms with Gasteiger partial charge in [-0.2, -0.15) is 0 Å². The summed E-state index contributed by atoms with van der Waals surface area (Å²) < 4.78 is 3.78. The minimum atomic E-state index is -0.205. The van der Waals surface area contributed by atoms with Crippen LogP contribution in [-0.2, 0) is 24.4 Å². The number of carbonyl (C=O) groups is 1. The minimum Gasteiger partial charge on any atom is -0.349 e. The molecule has 0 radical (unpaired) electrons. The first kappa shape index (κ1) is 13.2. The van der Waals surface area contributed by atoms with E-state index in [1.807, 2.05) is 23.9 Å². The average molecular weight is 263 g/mol. The van der Waals surface area contributed by atoms with E-state index >= 15 is 0 Å². The number of rotatable bonds is 6. The van der Waals surface area contributed by atoms with Crippen LogP contribution in [0.15, 0.2) is 18.6 Å². The molecule has 2 aromatic rings. The Morgan fingerprint density at radius 1 is 1.47 bits per heavy atom. The van der Waals surface area contributed by atoms with E-state index in [0.717, 1.165) is 12.4 Å². The number of carbonyl (C=O) groups excluding carboxylic acids is 1. The Morgan fingerprint density at radius 3 is 3.00 bits per heavy atom. The van der Waals surface area contributed by atoms with Gasteiger partial charge in [-0.3, -0.25) is 9.48 Å². The maximum absolute atomic E-state index is 11.0. The number of aromatic nitrogens is 5. The lowest BCUT2D eigenvalue weighted by molar-refractivity contribution is -0.119. The second-order valence-corrected chi connectivity index (χ2v) is 4.12. The van der Waals surface area contributed by atoms with Gasteiger partial charge in [0.05, 0.1) is 25.8 Å². The fourth-order valence-electron chi connectivity index (χ4n) is 1.64. The Hall–Kier alpha value is -2.22. The molecule has 19 heavy (non-hydrogen) atoms. The summed E-state index contributed by atoms with van der Waals surface area (Å²) in [7, 11) is 0. The van der Waals surface area contributed by atoms with E-state index in [1.54, 1.807) is 10.9 Å². The summed E-state index contributed by atoms with van der Waals surface area (Å²) in [5.41, 5.74) is 5.91. The van der Waals surface area contributed by atoms with Crippen molar-refractivity contribution in [3.63, 3.8) is 0 Å². The molecule has 2 aromatic heterocycles. The quantitative estimate of drug-likeness (QED) is 0.700. The number of aryl methyl sites for hydroxylation is 3. The number of nitrogens with one attached hydrogen (secondary N) is 1. The Bertz CT molecular complexity index is 545. The summed E-state index contributed by atoms with van der Waals surface area (Å²) in [6.45, 7) is 3.77. The molecular weight excluding hydrogens is 246 g/mol. The van der Waals surface area contributed by atoms with E-state index in [-0.39, 0.29) is 12.5 Å². The zero-order chi connectivity index (χ0) is 13.7. The van der Waals surface area contributed by atoms with E-state index in [9.17, 15) is 4.79 Å². The number of imidazole rings is 1. The first-order valence-electron chi connectivity index (χ1n) is 6.02. The molecule has 2 heterocycles. The zero-order valence-corrected chi connectivity index (χ0v) is 10.8. The van der Waals surface area contributed by atoms with Crippen LogP contribution < -0.4 is 11.1 Å². The molecule has 0 aromatic carbocycles. The molecule has 0 spiro atoms. The first-order chi connectivity index (χ1) is 9.19.